The summed E-state index contributed by atoms with van der Waals surface area (Å²) in [5.74, 6) is 1.78. The van der Waals surface area contributed by atoms with Crippen molar-refractivity contribution in [3.8, 4) is 39.9 Å². The van der Waals surface area contributed by atoms with E-state index in [4.69, 9.17) is 19.4 Å². The van der Waals surface area contributed by atoms with Crippen molar-refractivity contribution in [2.75, 3.05) is 0 Å². The number of benzene rings is 9. The van der Waals surface area contributed by atoms with Crippen molar-refractivity contribution >= 4 is 76.1 Å². The molecule has 0 atom stereocenters. The van der Waals surface area contributed by atoms with Gasteiger partial charge < -0.3 is 4.42 Å². The standard InChI is InChI=1S/C51H30N4O/c1-2-14-34(15-3-1)49-52-50(37-22-21-31-11-4-5-16-35(31)29-37)54-51(53-49)55-43-27-24-32-12-6-8-17-38(32)46(43)42-20-10-19-40(48(42)55)36-23-26-41-45(30-36)56-44-28-25-33-13-7-9-18-39(33)47(41)44/h1-30H. The van der Waals surface area contributed by atoms with Gasteiger partial charge in [0.15, 0.2) is 11.6 Å². The van der Waals surface area contributed by atoms with Crippen LogP contribution in [0.1, 0.15) is 0 Å². The Hall–Kier alpha value is -7.63. The van der Waals surface area contributed by atoms with Gasteiger partial charge in [-0.3, -0.25) is 4.57 Å². The molecule has 0 fully saturated rings. The first-order valence-corrected chi connectivity index (χ1v) is 18.9. The van der Waals surface area contributed by atoms with Crippen molar-refractivity contribution in [3.05, 3.63) is 182 Å². The van der Waals surface area contributed by atoms with Gasteiger partial charge in [0.1, 0.15) is 11.2 Å². The van der Waals surface area contributed by atoms with Crippen LogP contribution in [0.25, 0.3) is 116 Å². The maximum atomic E-state index is 6.59. The summed E-state index contributed by atoms with van der Waals surface area (Å²) in [7, 11) is 0. The Morgan fingerprint density at radius 3 is 1.84 bits per heavy atom. The number of fused-ring (bicyclic) bond motifs is 11. The third-order valence-corrected chi connectivity index (χ3v) is 11.2. The van der Waals surface area contributed by atoms with Crippen molar-refractivity contribution in [2.24, 2.45) is 0 Å². The maximum Gasteiger partial charge on any atom is 0.238 e. The van der Waals surface area contributed by atoms with Gasteiger partial charge in [-0.15, -0.1) is 0 Å². The molecule has 0 aliphatic heterocycles. The Bertz CT molecular complexity index is 3540. The number of hydrogen-bond acceptors (Lipinski definition) is 4. The molecule has 0 radical (unpaired) electrons. The fourth-order valence-electron chi connectivity index (χ4n) is 8.63. The summed E-state index contributed by atoms with van der Waals surface area (Å²) < 4.78 is 8.82. The van der Waals surface area contributed by atoms with Gasteiger partial charge in [-0.05, 0) is 68.2 Å². The van der Waals surface area contributed by atoms with E-state index in [0.717, 1.165) is 71.4 Å². The highest BCUT2D eigenvalue weighted by Crippen LogP contribution is 2.43. The molecule has 56 heavy (non-hydrogen) atoms. The Kier molecular flexibility index (Phi) is 6.56. The van der Waals surface area contributed by atoms with E-state index in [1.165, 1.54) is 26.9 Å². The summed E-state index contributed by atoms with van der Waals surface area (Å²) in [6.45, 7) is 0. The maximum absolute atomic E-state index is 6.59. The van der Waals surface area contributed by atoms with Gasteiger partial charge in [0.05, 0.1) is 11.0 Å². The average Bonchev–Trinajstić information content (AvgIpc) is 3.82. The quantitative estimate of drug-likeness (QED) is 0.182. The number of hydrogen-bond donors (Lipinski definition) is 0. The first-order chi connectivity index (χ1) is 27.7. The van der Waals surface area contributed by atoms with Crippen molar-refractivity contribution < 1.29 is 4.42 Å². The molecular weight excluding hydrogens is 685 g/mol. The zero-order chi connectivity index (χ0) is 36.7. The topological polar surface area (TPSA) is 56.7 Å². The molecule has 5 heteroatoms. The Balaban J connectivity index is 1.17. The van der Waals surface area contributed by atoms with Crippen LogP contribution in [0.15, 0.2) is 186 Å². The average molecular weight is 715 g/mol. The zero-order valence-electron chi connectivity index (χ0n) is 30.0. The third-order valence-electron chi connectivity index (χ3n) is 11.2. The zero-order valence-corrected chi connectivity index (χ0v) is 30.0. The minimum absolute atomic E-state index is 0.557. The molecule has 0 bridgehead atoms. The molecule has 0 saturated heterocycles. The second kappa shape index (κ2) is 11.9. The normalized spacial score (nSPS) is 11.9. The molecule has 0 aliphatic rings. The molecule has 5 nitrogen and oxygen atoms in total. The van der Waals surface area contributed by atoms with Crippen LogP contribution in [0.3, 0.4) is 0 Å². The smallest absolute Gasteiger partial charge is 0.238 e. The number of furan rings is 1. The number of rotatable bonds is 4. The summed E-state index contributed by atoms with van der Waals surface area (Å²) in [5.41, 5.74) is 7.74. The predicted octanol–water partition coefficient (Wildman–Crippen LogP) is 13.3. The van der Waals surface area contributed by atoms with E-state index in [9.17, 15) is 0 Å². The molecule has 12 aromatic rings. The summed E-state index contributed by atoms with van der Waals surface area (Å²) in [6.07, 6.45) is 0. The van der Waals surface area contributed by atoms with Crippen molar-refractivity contribution in [3.63, 3.8) is 0 Å². The highest BCUT2D eigenvalue weighted by Gasteiger charge is 2.22. The molecule has 0 aliphatic carbocycles. The Morgan fingerprint density at radius 1 is 0.375 bits per heavy atom. The third kappa shape index (κ3) is 4.64. The molecule has 9 aromatic carbocycles. The lowest BCUT2D eigenvalue weighted by Crippen LogP contribution is -2.07. The highest BCUT2D eigenvalue weighted by atomic mass is 16.3. The lowest BCUT2D eigenvalue weighted by Gasteiger charge is -2.13. The van der Waals surface area contributed by atoms with Crippen LogP contribution >= 0.6 is 0 Å². The molecule has 12 rings (SSSR count). The van der Waals surface area contributed by atoms with Crippen LogP contribution in [-0.4, -0.2) is 19.5 Å². The lowest BCUT2D eigenvalue weighted by atomic mass is 9.98. The van der Waals surface area contributed by atoms with E-state index in [2.05, 4.69) is 168 Å². The van der Waals surface area contributed by atoms with Crippen LogP contribution in [0, 0.1) is 0 Å². The molecular formula is C51H30N4O. The second-order valence-electron chi connectivity index (χ2n) is 14.4. The fraction of sp³-hybridized carbons (Fsp3) is 0. The fourth-order valence-corrected chi connectivity index (χ4v) is 8.63. The summed E-state index contributed by atoms with van der Waals surface area (Å²) in [6, 6.07) is 63.9. The first kappa shape index (κ1) is 30.8. The van der Waals surface area contributed by atoms with Gasteiger partial charge in [-0.2, -0.15) is 9.97 Å². The molecule has 3 heterocycles. The van der Waals surface area contributed by atoms with E-state index >= 15 is 0 Å². The van der Waals surface area contributed by atoms with Gasteiger partial charge in [-0.1, -0.05) is 152 Å². The van der Waals surface area contributed by atoms with Crippen molar-refractivity contribution in [1.82, 2.24) is 19.5 Å². The summed E-state index contributed by atoms with van der Waals surface area (Å²) in [5, 5.41) is 11.6. The molecule has 260 valence electrons. The lowest BCUT2D eigenvalue weighted by molar-refractivity contribution is 0.669. The highest BCUT2D eigenvalue weighted by molar-refractivity contribution is 6.24. The molecule has 0 amide bonds. The van der Waals surface area contributed by atoms with E-state index in [0.29, 0.717) is 17.6 Å². The molecule has 0 saturated carbocycles. The SMILES string of the molecule is c1ccc(-c2nc(-c3ccc4ccccc4c3)nc(-n3c4ccc5ccccc5c4c4cccc(-c5ccc6c(c5)oc5ccc7ccccc7c56)c43)n2)cc1. The van der Waals surface area contributed by atoms with Crippen molar-refractivity contribution in [2.45, 2.75) is 0 Å². The summed E-state index contributed by atoms with van der Waals surface area (Å²) >= 11 is 0. The second-order valence-corrected chi connectivity index (χ2v) is 14.4. The van der Waals surface area contributed by atoms with Crippen LogP contribution in [0.2, 0.25) is 0 Å². The number of aromatic nitrogens is 4. The van der Waals surface area contributed by atoms with Gasteiger partial charge in [0, 0.05) is 38.2 Å². The number of para-hydroxylation sites is 1. The Labute approximate surface area is 320 Å². The van der Waals surface area contributed by atoms with Gasteiger partial charge >= 0.3 is 0 Å². The monoisotopic (exact) mass is 714 g/mol. The predicted molar refractivity (Wildman–Crippen MR) is 230 cm³/mol. The van der Waals surface area contributed by atoms with E-state index in [1.807, 2.05) is 18.2 Å². The van der Waals surface area contributed by atoms with E-state index < -0.39 is 0 Å². The molecule has 0 spiro atoms. The van der Waals surface area contributed by atoms with E-state index in [1.54, 1.807) is 0 Å². The van der Waals surface area contributed by atoms with Gasteiger partial charge in [0.25, 0.3) is 0 Å². The minimum Gasteiger partial charge on any atom is -0.456 e. The van der Waals surface area contributed by atoms with Crippen molar-refractivity contribution in [1.29, 1.82) is 0 Å². The van der Waals surface area contributed by atoms with Gasteiger partial charge in [-0.25, -0.2) is 4.98 Å². The van der Waals surface area contributed by atoms with Crippen LogP contribution in [0.4, 0.5) is 0 Å². The van der Waals surface area contributed by atoms with E-state index in [-0.39, 0.29) is 0 Å². The van der Waals surface area contributed by atoms with Crippen LogP contribution in [-0.2, 0) is 0 Å². The van der Waals surface area contributed by atoms with Gasteiger partial charge in [0.2, 0.25) is 5.95 Å². The first-order valence-electron chi connectivity index (χ1n) is 18.9. The Morgan fingerprint density at radius 2 is 1.02 bits per heavy atom. The molecule has 0 unspecified atom stereocenters. The van der Waals surface area contributed by atoms with Crippen LogP contribution in [0.5, 0.6) is 0 Å². The largest absolute Gasteiger partial charge is 0.456 e. The summed E-state index contributed by atoms with van der Waals surface area (Å²) in [4.78, 5) is 15.7. The minimum atomic E-state index is 0.557. The number of nitrogens with zero attached hydrogens (tertiary/aromatic N) is 4. The molecule has 3 aromatic heterocycles. The van der Waals surface area contributed by atoms with Crippen LogP contribution < -0.4 is 0 Å². The molecule has 0 N–H and O–H groups in total.